The quantitative estimate of drug-likeness (QED) is 0.258. The predicted molar refractivity (Wildman–Crippen MR) is 137 cm³/mol. The monoisotopic (exact) mass is 457 g/mol. The van der Waals surface area contributed by atoms with E-state index in [1.165, 1.54) is 0 Å². The fourth-order valence-corrected chi connectivity index (χ4v) is 3.50. The van der Waals surface area contributed by atoms with Gasteiger partial charge >= 0.3 is 0 Å². The summed E-state index contributed by atoms with van der Waals surface area (Å²) in [6, 6.07) is 21.8. The third kappa shape index (κ3) is 5.05. The Labute approximate surface area is 201 Å². The van der Waals surface area contributed by atoms with E-state index in [-0.39, 0.29) is 5.91 Å². The van der Waals surface area contributed by atoms with Crippen molar-refractivity contribution >= 4 is 50.9 Å². The first-order valence-corrected chi connectivity index (χ1v) is 10.8. The van der Waals surface area contributed by atoms with Crippen LogP contribution in [0.2, 0.25) is 0 Å². The fraction of sp³-hybridized carbons (Fsp3) is 0. The van der Waals surface area contributed by atoms with Crippen molar-refractivity contribution in [1.29, 1.82) is 0 Å². The molecule has 3 heterocycles. The van der Waals surface area contributed by atoms with Gasteiger partial charge in [-0.25, -0.2) is 9.83 Å². The molecule has 0 atom stereocenters. The van der Waals surface area contributed by atoms with Crippen LogP contribution in [0.1, 0.15) is 10.5 Å². The van der Waals surface area contributed by atoms with Crippen molar-refractivity contribution in [2.24, 2.45) is 0 Å². The number of carbonyl (C=O) groups is 1. The van der Waals surface area contributed by atoms with Gasteiger partial charge in [-0.1, -0.05) is 6.07 Å². The normalized spacial score (nSPS) is 10.4. The van der Waals surface area contributed by atoms with Gasteiger partial charge in [-0.15, -0.1) is 0 Å². The fourth-order valence-electron chi connectivity index (χ4n) is 3.50. The Hall–Kier alpha value is -5.29. The molecule has 3 aromatic heterocycles. The smallest absolute Gasteiger partial charge is 0.274 e. The van der Waals surface area contributed by atoms with Gasteiger partial charge in [-0.3, -0.25) is 14.8 Å². The van der Waals surface area contributed by atoms with Crippen LogP contribution in [-0.2, 0) is 0 Å². The molecule has 0 aliphatic rings. The first-order valence-electron chi connectivity index (χ1n) is 10.8. The van der Waals surface area contributed by atoms with Crippen LogP contribution in [-0.4, -0.2) is 20.9 Å². The van der Waals surface area contributed by atoms with Crippen molar-refractivity contribution in [3.05, 3.63) is 115 Å². The molecular formula is C27H19N7O. The summed E-state index contributed by atoms with van der Waals surface area (Å²) >= 11 is 0. The van der Waals surface area contributed by atoms with E-state index in [0.29, 0.717) is 22.8 Å². The van der Waals surface area contributed by atoms with Gasteiger partial charge in [-0.05, 0) is 66.7 Å². The molecule has 1 amide bonds. The minimum atomic E-state index is -0.303. The molecule has 0 bridgehead atoms. The van der Waals surface area contributed by atoms with Gasteiger partial charge in [0.1, 0.15) is 5.69 Å². The van der Waals surface area contributed by atoms with Crippen LogP contribution in [0, 0.1) is 6.57 Å². The Kier molecular flexibility index (Phi) is 5.96. The van der Waals surface area contributed by atoms with Crippen LogP contribution < -0.4 is 16.0 Å². The van der Waals surface area contributed by atoms with Crippen molar-refractivity contribution in [2.75, 3.05) is 16.0 Å². The van der Waals surface area contributed by atoms with Crippen molar-refractivity contribution < 1.29 is 4.79 Å². The lowest BCUT2D eigenvalue weighted by Gasteiger charge is -2.11. The lowest BCUT2D eigenvalue weighted by molar-refractivity contribution is 0.102. The predicted octanol–water partition coefficient (Wildman–Crippen LogP) is 6.32. The largest absolute Gasteiger partial charge is 0.355 e. The summed E-state index contributed by atoms with van der Waals surface area (Å²) in [7, 11) is 0. The van der Waals surface area contributed by atoms with Gasteiger partial charge in [0.2, 0.25) is 0 Å². The van der Waals surface area contributed by atoms with E-state index >= 15 is 0 Å². The number of benzene rings is 2. The summed E-state index contributed by atoms with van der Waals surface area (Å²) in [5.74, 6) is -0.303. The van der Waals surface area contributed by atoms with Gasteiger partial charge in [-0.2, -0.15) is 0 Å². The molecule has 0 saturated carbocycles. The summed E-state index contributed by atoms with van der Waals surface area (Å²) < 4.78 is 0. The Balaban J connectivity index is 1.25. The third-order valence-electron chi connectivity index (χ3n) is 5.24. The molecule has 0 saturated heterocycles. The number of carbonyl (C=O) groups excluding carboxylic acids is 1. The number of nitrogens with zero attached hydrogens (tertiary/aromatic N) is 4. The molecule has 0 fully saturated rings. The standard InChI is InChI=1S/C27H19N7O/c1-28-21-6-8-24-23(16-21)25(12-15-30-24)33-22-7-9-26(31-17-22)27(35)34-19-4-2-18(3-5-19)32-20-10-13-29-14-11-20/h2-17H,(H,29,32)(H,30,33)(H,34,35). The molecule has 5 aromatic rings. The number of anilines is 5. The van der Waals surface area contributed by atoms with E-state index in [2.05, 4.69) is 35.7 Å². The molecule has 168 valence electrons. The molecule has 35 heavy (non-hydrogen) atoms. The summed E-state index contributed by atoms with van der Waals surface area (Å²) in [4.78, 5) is 28.8. The van der Waals surface area contributed by atoms with E-state index in [9.17, 15) is 4.79 Å². The number of hydrogen-bond acceptors (Lipinski definition) is 6. The molecule has 8 heteroatoms. The number of aromatic nitrogens is 3. The lowest BCUT2D eigenvalue weighted by atomic mass is 10.1. The summed E-state index contributed by atoms with van der Waals surface area (Å²) in [5.41, 5.74) is 5.64. The zero-order valence-corrected chi connectivity index (χ0v) is 18.4. The van der Waals surface area contributed by atoms with Crippen LogP contribution in [0.5, 0.6) is 0 Å². The molecule has 0 radical (unpaired) electrons. The van der Waals surface area contributed by atoms with Gasteiger partial charge in [0.25, 0.3) is 5.91 Å². The summed E-state index contributed by atoms with van der Waals surface area (Å²) in [5, 5.41) is 10.3. The second-order valence-corrected chi connectivity index (χ2v) is 7.62. The van der Waals surface area contributed by atoms with Crippen LogP contribution in [0.25, 0.3) is 15.7 Å². The highest BCUT2D eigenvalue weighted by Gasteiger charge is 2.09. The maximum absolute atomic E-state index is 12.7. The van der Waals surface area contributed by atoms with E-state index in [1.807, 2.05) is 48.5 Å². The Morgan fingerprint density at radius 1 is 0.743 bits per heavy atom. The first-order chi connectivity index (χ1) is 17.2. The first kappa shape index (κ1) is 21.6. The molecule has 0 aliphatic carbocycles. The Morgan fingerprint density at radius 3 is 2.23 bits per heavy atom. The molecule has 0 unspecified atom stereocenters. The van der Waals surface area contributed by atoms with Gasteiger partial charge in [0, 0.05) is 46.7 Å². The minimum absolute atomic E-state index is 0.296. The topological polar surface area (TPSA) is 96.2 Å². The van der Waals surface area contributed by atoms with E-state index < -0.39 is 0 Å². The van der Waals surface area contributed by atoms with Gasteiger partial charge < -0.3 is 16.0 Å². The molecular weight excluding hydrogens is 438 g/mol. The van der Waals surface area contributed by atoms with Crippen LogP contribution in [0.15, 0.2) is 97.6 Å². The minimum Gasteiger partial charge on any atom is -0.355 e. The second-order valence-electron chi connectivity index (χ2n) is 7.62. The number of hydrogen-bond donors (Lipinski definition) is 3. The average Bonchev–Trinajstić information content (AvgIpc) is 2.91. The number of fused-ring (bicyclic) bond motifs is 1. The van der Waals surface area contributed by atoms with Crippen LogP contribution >= 0.6 is 0 Å². The Bertz CT molecular complexity index is 1530. The van der Waals surface area contributed by atoms with Crippen molar-refractivity contribution in [1.82, 2.24) is 15.0 Å². The zero-order chi connectivity index (χ0) is 24.0. The van der Waals surface area contributed by atoms with Crippen LogP contribution in [0.4, 0.5) is 34.1 Å². The van der Waals surface area contributed by atoms with Crippen molar-refractivity contribution in [3.63, 3.8) is 0 Å². The SMILES string of the molecule is [C-]#[N+]c1ccc2nccc(Nc3ccc(C(=O)Nc4ccc(Nc5ccncc5)cc4)nc3)c2c1. The molecule has 5 rings (SSSR count). The number of pyridine rings is 3. The maximum Gasteiger partial charge on any atom is 0.274 e. The molecule has 8 nitrogen and oxygen atoms in total. The molecule has 0 spiro atoms. The number of nitrogens with one attached hydrogen (secondary N) is 3. The highest BCUT2D eigenvalue weighted by Crippen LogP contribution is 2.28. The molecule has 3 N–H and O–H groups in total. The molecule has 0 aliphatic heterocycles. The number of rotatable bonds is 6. The van der Waals surface area contributed by atoms with Crippen LogP contribution in [0.3, 0.4) is 0 Å². The highest BCUT2D eigenvalue weighted by molar-refractivity contribution is 6.03. The lowest BCUT2D eigenvalue weighted by Crippen LogP contribution is -2.13. The summed E-state index contributed by atoms with van der Waals surface area (Å²) in [6.45, 7) is 7.24. The van der Waals surface area contributed by atoms with E-state index in [1.54, 1.807) is 49.1 Å². The van der Waals surface area contributed by atoms with Crippen molar-refractivity contribution in [3.8, 4) is 0 Å². The third-order valence-corrected chi connectivity index (χ3v) is 5.24. The van der Waals surface area contributed by atoms with E-state index in [0.717, 1.165) is 28.0 Å². The second kappa shape index (κ2) is 9.68. The molecule has 2 aromatic carbocycles. The van der Waals surface area contributed by atoms with Gasteiger partial charge in [0.05, 0.1) is 24.0 Å². The van der Waals surface area contributed by atoms with Crippen molar-refractivity contribution in [2.45, 2.75) is 0 Å². The zero-order valence-electron chi connectivity index (χ0n) is 18.4. The Morgan fingerprint density at radius 2 is 1.49 bits per heavy atom. The highest BCUT2D eigenvalue weighted by atomic mass is 16.1. The summed E-state index contributed by atoms with van der Waals surface area (Å²) in [6.07, 6.45) is 6.74. The average molecular weight is 457 g/mol. The number of amides is 1. The maximum atomic E-state index is 12.7. The van der Waals surface area contributed by atoms with E-state index in [4.69, 9.17) is 6.57 Å². The van der Waals surface area contributed by atoms with Gasteiger partial charge in [0.15, 0.2) is 5.69 Å².